The van der Waals surface area contributed by atoms with Crippen molar-refractivity contribution in [1.29, 1.82) is 0 Å². The first kappa shape index (κ1) is 24.8. The summed E-state index contributed by atoms with van der Waals surface area (Å²) in [6, 6.07) is 27.4. The predicted molar refractivity (Wildman–Crippen MR) is 166 cm³/mol. The Balaban J connectivity index is 1.38. The van der Waals surface area contributed by atoms with E-state index in [0.717, 1.165) is 51.1 Å². The lowest BCUT2D eigenvalue weighted by Crippen LogP contribution is -2.21. The van der Waals surface area contributed by atoms with Gasteiger partial charge in [0.1, 0.15) is 11.2 Å². The second-order valence-corrected chi connectivity index (χ2v) is 10.1. The molecule has 7 rings (SSSR count). The summed E-state index contributed by atoms with van der Waals surface area (Å²) in [6.45, 7) is 5.90. The van der Waals surface area contributed by atoms with E-state index in [1.165, 1.54) is 0 Å². The number of aromatic nitrogens is 1. The van der Waals surface area contributed by atoms with Gasteiger partial charge in [-0.3, -0.25) is 4.98 Å². The Kier molecular flexibility index (Phi) is 5.89. The fourth-order valence-corrected chi connectivity index (χ4v) is 5.76. The minimum atomic E-state index is -0.466. The first-order chi connectivity index (χ1) is 20.1. The summed E-state index contributed by atoms with van der Waals surface area (Å²) in [6.07, 6.45) is 3.22. The molecule has 0 saturated carbocycles. The van der Waals surface area contributed by atoms with E-state index in [9.17, 15) is 9.59 Å². The van der Waals surface area contributed by atoms with Gasteiger partial charge in [0.25, 0.3) is 0 Å². The van der Waals surface area contributed by atoms with Crippen molar-refractivity contribution in [2.75, 3.05) is 18.0 Å². The van der Waals surface area contributed by atoms with Gasteiger partial charge >= 0.3 is 11.3 Å². The minimum absolute atomic E-state index is 0.376. The molecule has 0 spiro atoms. The van der Waals surface area contributed by atoms with E-state index >= 15 is 0 Å². The van der Waals surface area contributed by atoms with Crippen LogP contribution < -0.4 is 16.2 Å². The molecule has 0 atom stereocenters. The molecule has 41 heavy (non-hydrogen) atoms. The fraction of sp³-hybridized carbons (Fsp3) is 0.114. The molecule has 0 aliphatic carbocycles. The maximum absolute atomic E-state index is 13.4. The van der Waals surface area contributed by atoms with Crippen LogP contribution in [-0.2, 0) is 0 Å². The molecule has 0 saturated heterocycles. The summed E-state index contributed by atoms with van der Waals surface area (Å²) in [7, 11) is 0. The van der Waals surface area contributed by atoms with Crippen molar-refractivity contribution in [2.45, 2.75) is 13.8 Å². The predicted octanol–water partition coefficient (Wildman–Crippen LogP) is 7.78. The molecular weight excluding hydrogens is 512 g/mol. The maximum atomic E-state index is 13.4. The lowest BCUT2D eigenvalue weighted by atomic mass is 9.96. The normalized spacial score (nSPS) is 11.6. The number of rotatable bonds is 5. The van der Waals surface area contributed by atoms with E-state index in [4.69, 9.17) is 8.83 Å². The van der Waals surface area contributed by atoms with Gasteiger partial charge in [0.05, 0.1) is 11.1 Å². The molecule has 0 fully saturated rings. The SMILES string of the molecule is CCN(CC)c1ccc2cc(-c3cncc(-c4cc5c6ccccc6c6ccccc6c5oc4=O)c3)c(=O)oc2c1. The molecule has 0 aliphatic rings. The smallest absolute Gasteiger partial charge is 0.344 e. The maximum Gasteiger partial charge on any atom is 0.344 e. The third kappa shape index (κ3) is 4.07. The summed E-state index contributed by atoms with van der Waals surface area (Å²) < 4.78 is 11.7. The highest BCUT2D eigenvalue weighted by atomic mass is 16.4. The average Bonchev–Trinajstić information content (AvgIpc) is 3.01. The van der Waals surface area contributed by atoms with Gasteiger partial charge in [-0.2, -0.15) is 0 Å². The number of pyridine rings is 1. The number of hydrogen-bond donors (Lipinski definition) is 0. The highest BCUT2D eigenvalue weighted by molar-refractivity contribution is 6.23. The zero-order chi connectivity index (χ0) is 28.1. The molecule has 0 bridgehead atoms. The van der Waals surface area contributed by atoms with Gasteiger partial charge in [-0.05, 0) is 60.3 Å². The van der Waals surface area contributed by atoms with Crippen LogP contribution in [0.15, 0.2) is 116 Å². The Morgan fingerprint density at radius 3 is 1.90 bits per heavy atom. The first-order valence-electron chi connectivity index (χ1n) is 13.7. The zero-order valence-electron chi connectivity index (χ0n) is 22.7. The topological polar surface area (TPSA) is 76.6 Å². The minimum Gasteiger partial charge on any atom is -0.422 e. The lowest BCUT2D eigenvalue weighted by Gasteiger charge is -2.21. The molecule has 6 nitrogen and oxygen atoms in total. The van der Waals surface area contributed by atoms with Crippen molar-refractivity contribution in [3.8, 4) is 22.3 Å². The summed E-state index contributed by atoms with van der Waals surface area (Å²) >= 11 is 0. The quantitative estimate of drug-likeness (QED) is 0.165. The van der Waals surface area contributed by atoms with Crippen LogP contribution in [0.25, 0.3) is 65.7 Å². The van der Waals surface area contributed by atoms with Crippen molar-refractivity contribution in [2.24, 2.45) is 0 Å². The molecule has 0 amide bonds. The van der Waals surface area contributed by atoms with Crippen molar-refractivity contribution < 1.29 is 8.83 Å². The van der Waals surface area contributed by atoms with Gasteiger partial charge < -0.3 is 13.7 Å². The Morgan fingerprint density at radius 1 is 0.634 bits per heavy atom. The van der Waals surface area contributed by atoms with E-state index in [0.29, 0.717) is 33.4 Å². The molecule has 4 aromatic carbocycles. The number of benzene rings is 4. The van der Waals surface area contributed by atoms with Crippen LogP contribution in [0.1, 0.15) is 13.8 Å². The lowest BCUT2D eigenvalue weighted by molar-refractivity contribution is 0.563. The van der Waals surface area contributed by atoms with Crippen molar-refractivity contribution in [3.05, 3.63) is 118 Å². The van der Waals surface area contributed by atoms with Gasteiger partial charge in [0, 0.05) is 64.5 Å². The van der Waals surface area contributed by atoms with E-state index in [1.807, 2.05) is 72.8 Å². The molecule has 200 valence electrons. The van der Waals surface area contributed by atoms with E-state index in [2.05, 4.69) is 29.8 Å². The van der Waals surface area contributed by atoms with Crippen LogP contribution >= 0.6 is 0 Å². The second kappa shape index (κ2) is 9.75. The summed E-state index contributed by atoms with van der Waals surface area (Å²) in [4.78, 5) is 33.1. The molecule has 3 heterocycles. The van der Waals surface area contributed by atoms with Crippen molar-refractivity contribution in [1.82, 2.24) is 4.98 Å². The van der Waals surface area contributed by atoms with Gasteiger partial charge in [0.15, 0.2) is 0 Å². The van der Waals surface area contributed by atoms with Crippen LogP contribution in [0, 0.1) is 0 Å². The zero-order valence-corrected chi connectivity index (χ0v) is 22.7. The van der Waals surface area contributed by atoms with Crippen molar-refractivity contribution >= 4 is 49.2 Å². The van der Waals surface area contributed by atoms with E-state index in [-0.39, 0.29) is 0 Å². The molecule has 0 aliphatic heterocycles. The van der Waals surface area contributed by atoms with Crippen LogP contribution in [-0.4, -0.2) is 18.1 Å². The highest BCUT2D eigenvalue weighted by Gasteiger charge is 2.16. The second-order valence-electron chi connectivity index (χ2n) is 10.1. The fourth-order valence-electron chi connectivity index (χ4n) is 5.76. The molecular formula is C35H26N2O4. The van der Waals surface area contributed by atoms with Gasteiger partial charge in [-0.1, -0.05) is 48.5 Å². The van der Waals surface area contributed by atoms with E-state index < -0.39 is 11.3 Å². The summed E-state index contributed by atoms with van der Waals surface area (Å²) in [5.74, 6) is 0. The summed E-state index contributed by atoms with van der Waals surface area (Å²) in [5, 5.41) is 5.64. The Labute approximate surface area is 235 Å². The van der Waals surface area contributed by atoms with Crippen LogP contribution in [0.2, 0.25) is 0 Å². The van der Waals surface area contributed by atoms with Gasteiger partial charge in [-0.25, -0.2) is 9.59 Å². The molecule has 0 unspecified atom stereocenters. The average molecular weight is 539 g/mol. The number of hydrogen-bond acceptors (Lipinski definition) is 6. The van der Waals surface area contributed by atoms with Gasteiger partial charge in [-0.15, -0.1) is 0 Å². The third-order valence-electron chi connectivity index (χ3n) is 7.84. The van der Waals surface area contributed by atoms with Crippen LogP contribution in [0.5, 0.6) is 0 Å². The number of anilines is 1. The molecule has 3 aromatic heterocycles. The number of fused-ring (bicyclic) bond motifs is 7. The van der Waals surface area contributed by atoms with Crippen LogP contribution in [0.3, 0.4) is 0 Å². The van der Waals surface area contributed by atoms with Gasteiger partial charge in [0.2, 0.25) is 0 Å². The monoisotopic (exact) mass is 538 g/mol. The summed E-state index contributed by atoms with van der Waals surface area (Å²) in [5.41, 5.74) is 3.04. The Morgan fingerprint density at radius 2 is 1.22 bits per heavy atom. The Bertz CT molecular complexity index is 2240. The largest absolute Gasteiger partial charge is 0.422 e. The van der Waals surface area contributed by atoms with Crippen LogP contribution in [0.4, 0.5) is 5.69 Å². The molecule has 0 N–H and O–H groups in total. The third-order valence-corrected chi connectivity index (χ3v) is 7.84. The first-order valence-corrected chi connectivity index (χ1v) is 13.7. The van der Waals surface area contributed by atoms with E-state index in [1.54, 1.807) is 18.5 Å². The highest BCUT2D eigenvalue weighted by Crippen LogP contribution is 2.36. The molecule has 6 heteroatoms. The number of nitrogens with zero attached hydrogens (tertiary/aromatic N) is 2. The van der Waals surface area contributed by atoms with Crippen molar-refractivity contribution in [3.63, 3.8) is 0 Å². The standard InChI is InChI=1S/C35H26N2O4/c1-3-37(4-2)24-14-13-21-16-29(34(38)40-32(21)17-24)22-15-23(20-36-19-22)30-18-31-27-11-6-5-9-25(27)26-10-7-8-12-28(26)33(31)41-35(30)39/h5-20H,3-4H2,1-2H3. The molecule has 0 radical (unpaired) electrons. The molecule has 7 aromatic rings. The Hall–Kier alpha value is -5.23.